The van der Waals surface area contributed by atoms with Crippen LogP contribution in [0.25, 0.3) is 0 Å². The van der Waals surface area contributed by atoms with Gasteiger partial charge < -0.3 is 5.32 Å². The second-order valence-electron chi connectivity index (χ2n) is 7.01. The van der Waals surface area contributed by atoms with Crippen molar-refractivity contribution < 1.29 is 4.79 Å². The number of amides is 1. The lowest BCUT2D eigenvalue weighted by Crippen LogP contribution is -2.35. The van der Waals surface area contributed by atoms with E-state index in [1.807, 2.05) is 37.3 Å². The zero-order valence-corrected chi connectivity index (χ0v) is 14.5. The number of hydrogen-bond donors (Lipinski definition) is 1. The van der Waals surface area contributed by atoms with Crippen LogP contribution in [0.15, 0.2) is 54.6 Å². The molecule has 0 spiro atoms. The second-order valence-corrected chi connectivity index (χ2v) is 7.01. The number of quaternary nitrogens is 1. The van der Waals surface area contributed by atoms with Gasteiger partial charge in [-0.3, -0.25) is 9.28 Å². The molecule has 0 saturated carbocycles. The van der Waals surface area contributed by atoms with E-state index in [-0.39, 0.29) is 11.9 Å². The Morgan fingerprint density at radius 3 is 2.13 bits per heavy atom. The molecule has 2 aromatic carbocycles. The maximum absolute atomic E-state index is 12.2. The van der Waals surface area contributed by atoms with Gasteiger partial charge >= 0.3 is 0 Å². The van der Waals surface area contributed by atoms with Gasteiger partial charge in [0, 0.05) is 6.04 Å². The topological polar surface area (TPSA) is 29.1 Å². The summed E-state index contributed by atoms with van der Waals surface area (Å²) in [4.78, 5) is 12.2. The molecule has 0 heterocycles. The molecule has 1 atom stereocenters. The van der Waals surface area contributed by atoms with E-state index >= 15 is 0 Å². The normalized spacial score (nSPS) is 12.7. The molecule has 2 aromatic rings. The number of carbonyl (C=O) groups is 1. The van der Waals surface area contributed by atoms with Gasteiger partial charge in [-0.15, -0.1) is 0 Å². The Bertz CT molecular complexity index is 627. The van der Waals surface area contributed by atoms with Gasteiger partial charge in [-0.05, 0) is 36.6 Å². The number of nitrogens with zero attached hydrogens (tertiary/aromatic N) is 1. The van der Waals surface area contributed by atoms with E-state index in [1.165, 1.54) is 11.3 Å². The third kappa shape index (κ3) is 5.53. The van der Waals surface area contributed by atoms with Gasteiger partial charge in [0.05, 0.1) is 27.6 Å². The lowest BCUT2D eigenvalue weighted by Gasteiger charge is -2.23. The first-order chi connectivity index (χ1) is 10.8. The van der Waals surface area contributed by atoms with Crippen molar-refractivity contribution in [3.63, 3.8) is 0 Å². The molecule has 0 aliphatic rings. The quantitative estimate of drug-likeness (QED) is 0.816. The smallest absolute Gasteiger partial charge is 0.224 e. The molecule has 0 aliphatic heterocycles. The van der Waals surface area contributed by atoms with E-state index in [9.17, 15) is 4.79 Å². The summed E-state index contributed by atoms with van der Waals surface area (Å²) in [7, 11) is 6.40. The number of hydrogen-bond acceptors (Lipinski definition) is 1. The van der Waals surface area contributed by atoms with Crippen molar-refractivity contribution in [1.82, 2.24) is 9.80 Å². The third-order valence-corrected chi connectivity index (χ3v) is 3.87. The molecule has 122 valence electrons. The highest BCUT2D eigenvalue weighted by Crippen LogP contribution is 2.17. The lowest BCUT2D eigenvalue weighted by atomic mass is 10.1. The van der Waals surface area contributed by atoms with Crippen molar-refractivity contribution >= 4 is 11.6 Å². The number of nitrogens with one attached hydrogen (secondary N) is 1. The molecule has 2 rings (SSSR count). The molecular weight excluding hydrogens is 284 g/mol. The van der Waals surface area contributed by atoms with E-state index in [2.05, 4.69) is 50.7 Å². The Morgan fingerprint density at radius 1 is 0.957 bits per heavy atom. The zero-order valence-electron chi connectivity index (χ0n) is 14.5. The average molecular weight is 311 g/mol. The molecule has 0 bridgehead atoms. The molecule has 1 N–H and O–H groups in total. The largest absolute Gasteiger partial charge is 0.353 e. The van der Waals surface area contributed by atoms with Crippen LogP contribution >= 0.6 is 0 Å². The molecule has 23 heavy (non-hydrogen) atoms. The van der Waals surface area contributed by atoms with Crippen LogP contribution in [0.2, 0.25) is 0 Å². The summed E-state index contributed by atoms with van der Waals surface area (Å²) < 4.78 is 0.778. The highest BCUT2D eigenvalue weighted by atomic mass is 16.1. The molecule has 0 saturated heterocycles. The highest BCUT2D eigenvalue weighted by molar-refractivity contribution is 5.79. The van der Waals surface area contributed by atoms with Gasteiger partial charge in [0.25, 0.3) is 0 Å². The average Bonchev–Trinajstić information content (AvgIpc) is 2.47. The summed E-state index contributed by atoms with van der Waals surface area (Å²) in [6, 6.07) is 18.6. The number of benzene rings is 2. The van der Waals surface area contributed by atoms with E-state index < -0.39 is 0 Å². The molecule has 3 nitrogen and oxygen atoms in total. The third-order valence-electron chi connectivity index (χ3n) is 3.87. The van der Waals surface area contributed by atoms with Gasteiger partial charge in [0.15, 0.2) is 0 Å². The molecule has 0 aliphatic carbocycles. The summed E-state index contributed by atoms with van der Waals surface area (Å²) in [5.41, 5.74) is 3.52. The standard InChI is InChI=1S/C20H26N2O/c1-16(14-17-8-6-5-7-9-17)21-20(23)15-18-10-12-19(13-11-18)22(2,3)4/h5-13,16H,14-15H2,1-4H3/p+1. The van der Waals surface area contributed by atoms with Crippen molar-refractivity contribution in [3.05, 3.63) is 65.7 Å². The van der Waals surface area contributed by atoms with Crippen LogP contribution in [0, 0.1) is 0 Å². The van der Waals surface area contributed by atoms with Crippen LogP contribution in [-0.2, 0) is 17.6 Å². The fraction of sp³-hybridized carbons (Fsp3) is 0.350. The summed E-state index contributed by atoms with van der Waals surface area (Å²) >= 11 is 0. The van der Waals surface area contributed by atoms with E-state index in [4.69, 9.17) is 0 Å². The van der Waals surface area contributed by atoms with Crippen LogP contribution in [0.4, 0.5) is 5.69 Å². The predicted molar refractivity (Wildman–Crippen MR) is 97.5 cm³/mol. The first-order valence-corrected chi connectivity index (χ1v) is 8.09. The fourth-order valence-electron chi connectivity index (χ4n) is 2.59. The molecule has 0 fully saturated rings. The number of rotatable bonds is 6. The summed E-state index contributed by atoms with van der Waals surface area (Å²) in [6.45, 7) is 2.05. The van der Waals surface area contributed by atoms with Crippen LogP contribution in [0.1, 0.15) is 18.1 Å². The Morgan fingerprint density at radius 2 is 1.57 bits per heavy atom. The molecule has 0 radical (unpaired) electrons. The monoisotopic (exact) mass is 311 g/mol. The van der Waals surface area contributed by atoms with Crippen LogP contribution in [0.5, 0.6) is 0 Å². The molecule has 1 unspecified atom stereocenters. The van der Waals surface area contributed by atoms with Crippen molar-refractivity contribution in [2.75, 3.05) is 21.1 Å². The minimum absolute atomic E-state index is 0.0754. The Balaban J connectivity index is 1.87. The second kappa shape index (κ2) is 7.42. The fourth-order valence-corrected chi connectivity index (χ4v) is 2.59. The minimum atomic E-state index is 0.0754. The summed E-state index contributed by atoms with van der Waals surface area (Å²) in [5.74, 6) is 0.0754. The zero-order chi connectivity index (χ0) is 16.9. The van der Waals surface area contributed by atoms with Crippen LogP contribution in [0.3, 0.4) is 0 Å². The Kier molecular flexibility index (Phi) is 5.56. The minimum Gasteiger partial charge on any atom is -0.353 e. The predicted octanol–water partition coefficient (Wildman–Crippen LogP) is 3.17. The van der Waals surface area contributed by atoms with E-state index in [0.717, 1.165) is 16.5 Å². The van der Waals surface area contributed by atoms with Crippen LogP contribution in [-0.4, -0.2) is 33.1 Å². The maximum Gasteiger partial charge on any atom is 0.224 e. The maximum atomic E-state index is 12.2. The Hall–Kier alpha value is -2.13. The molecular formula is C20H27N2O+. The van der Waals surface area contributed by atoms with Gasteiger partial charge in [-0.1, -0.05) is 42.5 Å². The molecule has 0 aromatic heterocycles. The van der Waals surface area contributed by atoms with Crippen LogP contribution < -0.4 is 9.80 Å². The first-order valence-electron chi connectivity index (χ1n) is 8.09. The molecule has 3 heteroatoms. The van der Waals surface area contributed by atoms with Crippen molar-refractivity contribution in [2.24, 2.45) is 0 Å². The highest BCUT2D eigenvalue weighted by Gasteiger charge is 2.13. The summed E-state index contributed by atoms with van der Waals surface area (Å²) in [5, 5.41) is 3.08. The number of carbonyl (C=O) groups excluding carboxylic acids is 1. The van der Waals surface area contributed by atoms with Gasteiger partial charge in [-0.2, -0.15) is 0 Å². The van der Waals surface area contributed by atoms with Gasteiger partial charge in [0.1, 0.15) is 5.69 Å². The van der Waals surface area contributed by atoms with E-state index in [1.54, 1.807) is 0 Å². The van der Waals surface area contributed by atoms with E-state index in [0.29, 0.717) is 6.42 Å². The van der Waals surface area contributed by atoms with Crippen molar-refractivity contribution in [3.8, 4) is 0 Å². The first kappa shape index (κ1) is 17.2. The van der Waals surface area contributed by atoms with Gasteiger partial charge in [0.2, 0.25) is 5.91 Å². The molecule has 1 amide bonds. The van der Waals surface area contributed by atoms with Gasteiger partial charge in [-0.25, -0.2) is 0 Å². The van der Waals surface area contributed by atoms with Crippen molar-refractivity contribution in [2.45, 2.75) is 25.8 Å². The lowest BCUT2D eigenvalue weighted by molar-refractivity contribution is -0.121. The summed E-state index contributed by atoms with van der Waals surface area (Å²) in [6.07, 6.45) is 1.28. The SMILES string of the molecule is CC(Cc1ccccc1)NC(=O)Cc1ccc([N+](C)(C)C)cc1. The Labute approximate surface area is 139 Å². The van der Waals surface area contributed by atoms with Crippen molar-refractivity contribution in [1.29, 1.82) is 0 Å².